The summed E-state index contributed by atoms with van der Waals surface area (Å²) >= 11 is 0. The highest BCUT2D eigenvalue weighted by Gasteiger charge is 2.45. The Hall–Kier alpha value is -2.36. The number of hydrogen-bond acceptors (Lipinski definition) is 8. The van der Waals surface area contributed by atoms with Crippen molar-refractivity contribution < 1.29 is 42.3 Å². The second kappa shape index (κ2) is 39.9. The third-order valence-corrected chi connectivity index (χ3v) is 12.6. The van der Waals surface area contributed by atoms with E-state index in [1.165, 1.54) is 30.4 Å². The summed E-state index contributed by atoms with van der Waals surface area (Å²) in [6.07, 6.45) is 8.61. The van der Waals surface area contributed by atoms with Crippen LogP contribution in [-0.4, -0.2) is 58.4 Å². The van der Waals surface area contributed by atoms with E-state index in [2.05, 4.69) is 100 Å². The van der Waals surface area contributed by atoms with E-state index in [0.717, 1.165) is 38.0 Å². The van der Waals surface area contributed by atoms with E-state index in [-0.39, 0.29) is 24.0 Å². The Morgan fingerprint density at radius 2 is 1.13 bits per heavy atom. The van der Waals surface area contributed by atoms with Crippen LogP contribution < -0.4 is 0 Å². The summed E-state index contributed by atoms with van der Waals surface area (Å²) < 4.78 is 22.3. The van der Waals surface area contributed by atoms with Gasteiger partial charge in [0.1, 0.15) is 0 Å². The number of benzene rings is 1. The lowest BCUT2D eigenvalue weighted by molar-refractivity contribution is -0.191. The van der Waals surface area contributed by atoms with Gasteiger partial charge in [0.2, 0.25) is 0 Å². The Kier molecular flexibility index (Phi) is 44.8. The van der Waals surface area contributed by atoms with Crippen molar-refractivity contribution in [2.75, 3.05) is 26.4 Å². The van der Waals surface area contributed by atoms with E-state index in [1.54, 1.807) is 6.92 Å². The maximum absolute atomic E-state index is 11.0. The Bertz CT molecular complexity index is 1010. The van der Waals surface area contributed by atoms with Crippen LogP contribution in [0.5, 0.6) is 0 Å². The molecule has 0 fully saturated rings. The van der Waals surface area contributed by atoms with Crippen LogP contribution in [0.1, 0.15) is 187 Å². The molecular weight excluding hydrogens is 713 g/mol. The number of esters is 1. The Labute approximate surface area is 340 Å². The van der Waals surface area contributed by atoms with Crippen LogP contribution >= 0.6 is 0 Å². The van der Waals surface area contributed by atoms with Gasteiger partial charge in [-0.05, 0) is 87.7 Å². The lowest BCUT2D eigenvalue weighted by Crippen LogP contribution is -2.49. The Morgan fingerprint density at radius 3 is 1.38 bits per heavy atom. The second-order valence-corrected chi connectivity index (χ2v) is 18.4. The first kappa shape index (κ1) is 61.8. The minimum atomic E-state index is -2.40. The molecule has 4 atom stereocenters. The average Bonchev–Trinajstić information content (AvgIpc) is 3.14. The van der Waals surface area contributed by atoms with Crippen LogP contribution in [-0.2, 0) is 43.6 Å². The van der Waals surface area contributed by atoms with Crippen molar-refractivity contribution in [2.45, 2.75) is 187 Å². The number of carboxylic acid groups (broad SMARTS) is 1. The van der Waals surface area contributed by atoms with Gasteiger partial charge in [-0.3, -0.25) is 9.59 Å². The summed E-state index contributed by atoms with van der Waals surface area (Å²) in [6.45, 7) is 40.4. The van der Waals surface area contributed by atoms with Crippen molar-refractivity contribution in [3.05, 3.63) is 35.4 Å². The van der Waals surface area contributed by atoms with Crippen LogP contribution in [0.3, 0.4) is 0 Å². The minimum absolute atomic E-state index is 0.0547. The topological polar surface area (TPSA) is 125 Å². The molecular formula is C45H88O9Si. The number of hydrogen-bond donors (Lipinski definition) is 1. The van der Waals surface area contributed by atoms with Crippen LogP contribution in [0.25, 0.3) is 0 Å². The first-order valence-corrected chi connectivity index (χ1v) is 22.9. The predicted molar refractivity (Wildman–Crippen MR) is 231 cm³/mol. The van der Waals surface area contributed by atoms with Gasteiger partial charge in [-0.25, -0.2) is 0 Å². The highest BCUT2D eigenvalue weighted by atomic mass is 28.4. The van der Waals surface area contributed by atoms with Crippen molar-refractivity contribution >= 4 is 26.9 Å². The number of rotatable bonds is 19. The lowest BCUT2D eigenvalue weighted by atomic mass is 9.94. The van der Waals surface area contributed by atoms with E-state index in [9.17, 15) is 9.59 Å². The number of carboxylic acids is 1. The summed E-state index contributed by atoms with van der Waals surface area (Å²) in [5, 5.41) is 8.18. The first-order valence-electron chi connectivity index (χ1n) is 21.1. The lowest BCUT2D eigenvalue weighted by Gasteiger charge is -2.32. The zero-order valence-electron chi connectivity index (χ0n) is 38.9. The molecule has 0 aliphatic heterocycles. The van der Waals surface area contributed by atoms with E-state index in [0.29, 0.717) is 43.3 Å². The maximum Gasteiger partial charge on any atom is 0.503 e. The van der Waals surface area contributed by atoms with Crippen molar-refractivity contribution in [3.63, 3.8) is 0 Å². The van der Waals surface area contributed by atoms with Crippen LogP contribution in [0.4, 0.5) is 0 Å². The van der Waals surface area contributed by atoms with E-state index < -0.39 is 14.8 Å². The molecule has 0 saturated heterocycles. The number of aliphatic carboxylic acids is 1. The van der Waals surface area contributed by atoms with Gasteiger partial charge in [0.15, 0.2) is 0 Å². The molecule has 10 heteroatoms. The number of unbranched alkanes of at least 4 members (excludes halogenated alkanes) is 1. The molecule has 4 unspecified atom stereocenters. The number of ether oxygens (including phenoxy) is 1. The quantitative estimate of drug-likeness (QED) is 0.0826. The molecule has 0 heterocycles. The molecule has 0 aromatic heterocycles. The maximum atomic E-state index is 11.0. The van der Waals surface area contributed by atoms with Gasteiger partial charge in [0.25, 0.3) is 0 Å². The molecule has 1 rings (SSSR count). The first-order chi connectivity index (χ1) is 25.7. The monoisotopic (exact) mass is 801 g/mol. The van der Waals surface area contributed by atoms with E-state index in [4.69, 9.17) is 32.7 Å². The van der Waals surface area contributed by atoms with Crippen LogP contribution in [0.15, 0.2) is 24.3 Å². The zero-order valence-corrected chi connectivity index (χ0v) is 39.9. The van der Waals surface area contributed by atoms with E-state index >= 15 is 0 Å². The third kappa shape index (κ3) is 38.3. The predicted octanol–water partition coefficient (Wildman–Crippen LogP) is 12.6. The number of carbonyl (C=O) groups excluding carboxylic acids is 3. The molecule has 55 heavy (non-hydrogen) atoms. The molecule has 9 nitrogen and oxygen atoms in total. The molecule has 0 bridgehead atoms. The minimum Gasteiger partial charge on any atom is -0.481 e. The summed E-state index contributed by atoms with van der Waals surface area (Å²) in [4.78, 5) is 37.2. The molecule has 0 aliphatic carbocycles. The average molecular weight is 801 g/mol. The largest absolute Gasteiger partial charge is 0.503 e. The summed E-state index contributed by atoms with van der Waals surface area (Å²) in [5.74, 6) is 0.572. The van der Waals surface area contributed by atoms with Gasteiger partial charge in [-0.1, -0.05) is 141 Å². The van der Waals surface area contributed by atoms with Gasteiger partial charge in [-0.2, -0.15) is 9.59 Å². The van der Waals surface area contributed by atoms with Crippen molar-refractivity contribution in [1.82, 2.24) is 0 Å². The fourth-order valence-corrected chi connectivity index (χ4v) is 6.71. The fourth-order valence-electron chi connectivity index (χ4n) is 3.90. The highest BCUT2D eigenvalue weighted by Crippen LogP contribution is 2.28. The molecule has 0 saturated carbocycles. The summed E-state index contributed by atoms with van der Waals surface area (Å²) in [6, 6.07) is 9.13. The fraction of sp³-hybridized carbons (Fsp3) is 0.800. The van der Waals surface area contributed by atoms with Crippen molar-refractivity contribution in [2.24, 2.45) is 23.2 Å². The van der Waals surface area contributed by atoms with Gasteiger partial charge >= 0.3 is 26.9 Å². The van der Waals surface area contributed by atoms with Crippen molar-refractivity contribution in [3.8, 4) is 0 Å². The molecule has 0 aliphatic rings. The highest BCUT2D eigenvalue weighted by molar-refractivity contribution is 6.62. The molecule has 1 aromatic carbocycles. The molecule has 1 aromatic rings. The third-order valence-electron chi connectivity index (χ3n) is 8.91. The zero-order chi connectivity index (χ0) is 44.0. The molecule has 0 amide bonds. The van der Waals surface area contributed by atoms with E-state index in [1.807, 2.05) is 41.5 Å². The smallest absolute Gasteiger partial charge is 0.481 e. The summed E-state index contributed by atoms with van der Waals surface area (Å²) in [5.41, 5.74) is 3.86. The molecule has 0 spiro atoms. The standard InChI is InChI=1S/C14H22.C10H24O3Si.C9H18O2.C6H14.C5H10O2.CO2/c1-5-12(4)14-8-6-13(7-9-14)10-11(2)3;1-6-10(5)14(11-7-2,12-8-3)13-9-4;1-4-6-7-11-9(10)8(3)5-2;1-5-6(2,3)4;1-3-4(2)5(6)7;2-1-3/h6-9,11-12H,5,10H2,1-4H3;10H,6-9H2,1-5H3;8H,4-7H2,1-3H3;5H2,1-4H3;4H,3H2,1-2H3,(H,6,7);. The van der Waals surface area contributed by atoms with Gasteiger partial charge < -0.3 is 23.1 Å². The van der Waals surface area contributed by atoms with Gasteiger partial charge in [-0.15, -0.1) is 0 Å². The SMILES string of the molecule is CCC(C)(C)C.CCC(C)C(=O)O.CCC(C)c1ccc(CC(C)C)cc1.CCCCOC(=O)C(C)CC.CCO[Si](OCC)(OCC)C(C)CC.O=C=O. The molecule has 0 radical (unpaired) electrons. The normalized spacial score (nSPS) is 12.7. The molecule has 326 valence electrons. The van der Waals surface area contributed by atoms with Gasteiger partial charge in [0, 0.05) is 25.4 Å². The second-order valence-electron chi connectivity index (χ2n) is 15.3. The van der Waals surface area contributed by atoms with Gasteiger partial charge in [0.05, 0.1) is 18.4 Å². The Morgan fingerprint density at radius 1 is 0.709 bits per heavy atom. The summed E-state index contributed by atoms with van der Waals surface area (Å²) in [7, 11) is -2.40. The van der Waals surface area contributed by atoms with Crippen LogP contribution in [0.2, 0.25) is 5.54 Å². The van der Waals surface area contributed by atoms with Crippen molar-refractivity contribution in [1.29, 1.82) is 0 Å². The Balaban J connectivity index is -0.000000192. The molecule has 1 N–H and O–H groups in total. The van der Waals surface area contributed by atoms with Crippen LogP contribution in [0, 0.1) is 23.2 Å². The number of carbonyl (C=O) groups is 2.